The zero-order valence-electron chi connectivity index (χ0n) is 10.4. The highest BCUT2D eigenvalue weighted by Gasteiger charge is 2.08. The summed E-state index contributed by atoms with van der Waals surface area (Å²) in [6, 6.07) is 7.78. The van der Waals surface area contributed by atoms with E-state index in [-0.39, 0.29) is 0 Å². The maximum absolute atomic E-state index is 5.52. The van der Waals surface area contributed by atoms with Gasteiger partial charge in [-0.15, -0.1) is 5.10 Å². The topological polar surface area (TPSA) is 78.8 Å². The molecule has 0 bridgehead atoms. The summed E-state index contributed by atoms with van der Waals surface area (Å²) in [5.41, 5.74) is 5.52. The number of hydrogen-bond acceptors (Lipinski definition) is 5. The largest absolute Gasteiger partial charge is 0.497 e. The van der Waals surface area contributed by atoms with Crippen molar-refractivity contribution in [1.82, 2.24) is 19.7 Å². The Hall–Kier alpha value is -2.47. The lowest BCUT2D eigenvalue weighted by Gasteiger charge is -2.06. The number of nitrogens with two attached hydrogens (primary N) is 1. The number of rotatable bonds is 3. The van der Waals surface area contributed by atoms with Crippen LogP contribution in [-0.2, 0) is 6.54 Å². The van der Waals surface area contributed by atoms with Gasteiger partial charge in [-0.2, -0.15) is 0 Å². The maximum Gasteiger partial charge on any atom is 0.164 e. The Morgan fingerprint density at radius 2 is 2.16 bits per heavy atom. The van der Waals surface area contributed by atoms with E-state index in [0.29, 0.717) is 18.2 Å². The average molecular weight is 255 g/mol. The van der Waals surface area contributed by atoms with Crippen LogP contribution in [0.3, 0.4) is 0 Å². The lowest BCUT2D eigenvalue weighted by molar-refractivity contribution is 0.415. The molecular weight excluding hydrogens is 242 g/mol. The molecule has 0 aliphatic heterocycles. The summed E-state index contributed by atoms with van der Waals surface area (Å²) in [4.78, 5) is 8.48. The van der Waals surface area contributed by atoms with E-state index in [9.17, 15) is 0 Å². The Morgan fingerprint density at radius 1 is 1.26 bits per heavy atom. The zero-order valence-corrected chi connectivity index (χ0v) is 10.4. The molecule has 2 N–H and O–H groups in total. The highest BCUT2D eigenvalue weighted by molar-refractivity contribution is 5.89. The minimum Gasteiger partial charge on any atom is -0.497 e. The lowest BCUT2D eigenvalue weighted by Crippen LogP contribution is -2.03. The van der Waals surface area contributed by atoms with Crippen LogP contribution in [0.5, 0.6) is 5.75 Å². The molecule has 0 unspecified atom stereocenters. The van der Waals surface area contributed by atoms with Gasteiger partial charge in [0.2, 0.25) is 0 Å². The molecule has 19 heavy (non-hydrogen) atoms. The molecule has 1 aromatic carbocycles. The summed E-state index contributed by atoms with van der Waals surface area (Å²) in [7, 11) is 1.64. The maximum atomic E-state index is 5.52. The molecule has 0 spiro atoms. The van der Waals surface area contributed by atoms with Crippen LogP contribution in [0.25, 0.3) is 16.6 Å². The summed E-state index contributed by atoms with van der Waals surface area (Å²) in [5, 5.41) is 6.30. The Labute approximate surface area is 109 Å². The van der Waals surface area contributed by atoms with E-state index in [4.69, 9.17) is 10.5 Å². The highest BCUT2D eigenvalue weighted by Crippen LogP contribution is 2.24. The molecule has 0 atom stereocenters. The van der Waals surface area contributed by atoms with Gasteiger partial charge >= 0.3 is 0 Å². The standard InChI is InChI=1S/C13H13N5O/c1-19-10-3-2-9-4-5-15-13(11(9)6-10)18-8-16-12(7-14)17-18/h2-6,8H,7,14H2,1H3. The van der Waals surface area contributed by atoms with Gasteiger partial charge in [-0.05, 0) is 23.6 Å². The molecule has 0 radical (unpaired) electrons. The van der Waals surface area contributed by atoms with E-state index in [0.717, 1.165) is 16.5 Å². The number of fused-ring (bicyclic) bond motifs is 1. The van der Waals surface area contributed by atoms with Crippen LogP contribution in [0, 0.1) is 0 Å². The van der Waals surface area contributed by atoms with Crippen molar-refractivity contribution in [1.29, 1.82) is 0 Å². The molecule has 6 nitrogen and oxygen atoms in total. The molecule has 3 rings (SSSR count). The van der Waals surface area contributed by atoms with Gasteiger partial charge < -0.3 is 10.5 Å². The first-order valence-electron chi connectivity index (χ1n) is 5.85. The minimum atomic E-state index is 0.307. The Balaban J connectivity index is 2.21. The summed E-state index contributed by atoms with van der Waals surface area (Å²) in [6.07, 6.45) is 3.36. The molecule has 0 fully saturated rings. The van der Waals surface area contributed by atoms with E-state index in [1.54, 1.807) is 24.3 Å². The molecule has 3 aromatic rings. The Bertz CT molecular complexity index is 722. The molecule has 0 aliphatic rings. The summed E-state index contributed by atoms with van der Waals surface area (Å²) >= 11 is 0. The summed E-state index contributed by atoms with van der Waals surface area (Å²) < 4.78 is 6.88. The van der Waals surface area contributed by atoms with Crippen molar-refractivity contribution in [3.8, 4) is 11.6 Å². The zero-order chi connectivity index (χ0) is 13.2. The van der Waals surface area contributed by atoms with Crippen molar-refractivity contribution in [2.45, 2.75) is 6.54 Å². The molecule has 6 heteroatoms. The van der Waals surface area contributed by atoms with E-state index >= 15 is 0 Å². The average Bonchev–Trinajstić information content (AvgIpc) is 2.94. The second-order valence-electron chi connectivity index (χ2n) is 4.03. The predicted octanol–water partition coefficient (Wildman–Crippen LogP) is 1.28. The first kappa shape index (κ1) is 11.6. The predicted molar refractivity (Wildman–Crippen MR) is 71.1 cm³/mol. The molecule has 2 aromatic heterocycles. The van der Waals surface area contributed by atoms with Gasteiger partial charge in [0.1, 0.15) is 12.1 Å². The van der Waals surface area contributed by atoms with Gasteiger partial charge in [0.15, 0.2) is 11.6 Å². The van der Waals surface area contributed by atoms with Gasteiger partial charge in [0.05, 0.1) is 13.7 Å². The fourth-order valence-corrected chi connectivity index (χ4v) is 1.93. The van der Waals surface area contributed by atoms with Crippen molar-refractivity contribution >= 4 is 10.8 Å². The normalized spacial score (nSPS) is 10.8. The number of aromatic nitrogens is 4. The Kier molecular flexibility index (Phi) is 2.85. The van der Waals surface area contributed by atoms with Crippen LogP contribution in [0.1, 0.15) is 5.82 Å². The van der Waals surface area contributed by atoms with Crippen LogP contribution in [0.15, 0.2) is 36.8 Å². The van der Waals surface area contributed by atoms with Crippen molar-refractivity contribution in [3.05, 3.63) is 42.6 Å². The fraction of sp³-hybridized carbons (Fsp3) is 0.154. The molecule has 0 saturated heterocycles. The second kappa shape index (κ2) is 4.66. The van der Waals surface area contributed by atoms with Crippen LogP contribution in [0.2, 0.25) is 0 Å². The SMILES string of the molecule is COc1ccc2ccnc(-n3cnc(CN)n3)c2c1. The number of pyridine rings is 1. The third-order valence-corrected chi connectivity index (χ3v) is 2.89. The van der Waals surface area contributed by atoms with Crippen molar-refractivity contribution < 1.29 is 4.74 Å². The van der Waals surface area contributed by atoms with Crippen molar-refractivity contribution in [2.75, 3.05) is 7.11 Å². The van der Waals surface area contributed by atoms with Crippen LogP contribution in [-0.4, -0.2) is 26.9 Å². The van der Waals surface area contributed by atoms with Crippen LogP contribution < -0.4 is 10.5 Å². The molecule has 2 heterocycles. The van der Waals surface area contributed by atoms with Crippen LogP contribution in [0.4, 0.5) is 0 Å². The first-order valence-corrected chi connectivity index (χ1v) is 5.85. The van der Waals surface area contributed by atoms with Crippen LogP contribution >= 0.6 is 0 Å². The van der Waals surface area contributed by atoms with Crippen molar-refractivity contribution in [2.24, 2.45) is 5.73 Å². The molecule has 96 valence electrons. The van der Waals surface area contributed by atoms with Gasteiger partial charge in [-0.25, -0.2) is 14.6 Å². The van der Waals surface area contributed by atoms with E-state index in [1.807, 2.05) is 24.3 Å². The lowest BCUT2D eigenvalue weighted by atomic mass is 10.1. The number of hydrogen-bond donors (Lipinski definition) is 1. The summed E-state index contributed by atoms with van der Waals surface area (Å²) in [5.74, 6) is 2.08. The van der Waals surface area contributed by atoms with Gasteiger partial charge in [-0.3, -0.25) is 0 Å². The van der Waals surface area contributed by atoms with Gasteiger partial charge in [0, 0.05) is 11.6 Å². The van der Waals surface area contributed by atoms with E-state index < -0.39 is 0 Å². The fourth-order valence-electron chi connectivity index (χ4n) is 1.93. The first-order chi connectivity index (χ1) is 9.31. The number of benzene rings is 1. The molecule has 0 aliphatic carbocycles. The monoisotopic (exact) mass is 255 g/mol. The Morgan fingerprint density at radius 3 is 2.89 bits per heavy atom. The molecule has 0 amide bonds. The van der Waals surface area contributed by atoms with Crippen molar-refractivity contribution in [3.63, 3.8) is 0 Å². The number of methoxy groups -OCH3 is 1. The van der Waals surface area contributed by atoms with E-state index in [1.165, 1.54) is 0 Å². The van der Waals surface area contributed by atoms with Gasteiger partial charge in [0.25, 0.3) is 0 Å². The number of nitrogens with zero attached hydrogens (tertiary/aromatic N) is 4. The second-order valence-corrected chi connectivity index (χ2v) is 4.03. The highest BCUT2D eigenvalue weighted by atomic mass is 16.5. The summed E-state index contributed by atoms with van der Waals surface area (Å²) in [6.45, 7) is 0.307. The quantitative estimate of drug-likeness (QED) is 0.762. The van der Waals surface area contributed by atoms with Gasteiger partial charge in [-0.1, -0.05) is 6.07 Å². The number of ether oxygens (including phenoxy) is 1. The smallest absolute Gasteiger partial charge is 0.164 e. The molecule has 0 saturated carbocycles. The third-order valence-electron chi connectivity index (χ3n) is 2.89. The molecular formula is C13H13N5O. The minimum absolute atomic E-state index is 0.307. The van der Waals surface area contributed by atoms with E-state index in [2.05, 4.69) is 15.1 Å². The third kappa shape index (κ3) is 2.02.